The summed E-state index contributed by atoms with van der Waals surface area (Å²) in [5, 5.41) is 3.44. The number of thioether (sulfide) groups is 1. The fraction of sp³-hybridized carbons (Fsp3) is 0.650. The Morgan fingerprint density at radius 2 is 2.04 bits per heavy atom. The summed E-state index contributed by atoms with van der Waals surface area (Å²) in [5.74, 6) is 3.81. The minimum atomic E-state index is 0. The van der Waals surface area contributed by atoms with Crippen LogP contribution in [0.4, 0.5) is 0 Å². The summed E-state index contributed by atoms with van der Waals surface area (Å²) in [5.41, 5.74) is 0. The lowest BCUT2D eigenvalue weighted by Crippen LogP contribution is -2.40. The van der Waals surface area contributed by atoms with Crippen molar-refractivity contribution in [3.8, 4) is 0 Å². The van der Waals surface area contributed by atoms with Crippen molar-refractivity contribution in [2.75, 3.05) is 45.1 Å². The first-order valence-electron chi connectivity index (χ1n) is 9.64. The summed E-state index contributed by atoms with van der Waals surface area (Å²) < 4.78 is 5.70. The molecule has 1 atom stereocenters. The molecule has 0 radical (unpaired) electrons. The average Bonchev–Trinajstić information content (AvgIpc) is 3.35. The number of hydrogen-bond acceptors (Lipinski definition) is 3. The number of benzene rings is 1. The molecule has 0 amide bonds. The van der Waals surface area contributed by atoms with Crippen LogP contribution in [-0.2, 0) is 4.74 Å². The normalized spacial score (nSPS) is 20.1. The Morgan fingerprint density at radius 3 is 2.77 bits per heavy atom. The van der Waals surface area contributed by atoms with E-state index in [2.05, 4.69) is 47.5 Å². The highest BCUT2D eigenvalue weighted by atomic mass is 127. The van der Waals surface area contributed by atoms with Crippen molar-refractivity contribution in [3.63, 3.8) is 0 Å². The van der Waals surface area contributed by atoms with E-state index >= 15 is 0 Å². The minimum absolute atomic E-state index is 0. The van der Waals surface area contributed by atoms with Crippen molar-refractivity contribution >= 4 is 41.7 Å². The van der Waals surface area contributed by atoms with Crippen molar-refractivity contribution in [3.05, 3.63) is 30.3 Å². The maximum absolute atomic E-state index is 5.70. The van der Waals surface area contributed by atoms with Gasteiger partial charge in [0.25, 0.3) is 0 Å². The lowest BCUT2D eigenvalue weighted by atomic mass is 10.2. The van der Waals surface area contributed by atoms with Crippen molar-refractivity contribution in [2.24, 2.45) is 16.8 Å². The Balaban J connectivity index is 0.00000243. The van der Waals surface area contributed by atoms with Gasteiger partial charge in [-0.1, -0.05) is 18.2 Å². The van der Waals surface area contributed by atoms with Crippen molar-refractivity contribution in [2.45, 2.75) is 31.1 Å². The summed E-state index contributed by atoms with van der Waals surface area (Å²) in [6, 6.07) is 10.7. The molecule has 1 aromatic rings. The van der Waals surface area contributed by atoms with Gasteiger partial charge >= 0.3 is 0 Å². The first-order valence-corrected chi connectivity index (χ1v) is 10.6. The molecule has 3 rings (SSSR count). The van der Waals surface area contributed by atoms with Crippen LogP contribution in [0.2, 0.25) is 0 Å². The number of guanidine groups is 1. The summed E-state index contributed by atoms with van der Waals surface area (Å²) in [6.07, 6.45) is 3.95. The molecular weight excluding hydrogens is 457 g/mol. The quantitative estimate of drug-likeness (QED) is 0.186. The number of aliphatic imine (C=N–C) groups is 1. The van der Waals surface area contributed by atoms with Crippen LogP contribution in [-0.4, -0.2) is 56.0 Å². The highest BCUT2D eigenvalue weighted by molar-refractivity contribution is 14.0. The predicted octanol–water partition coefficient (Wildman–Crippen LogP) is 4.11. The largest absolute Gasteiger partial charge is 0.379 e. The molecule has 1 heterocycles. The first kappa shape index (κ1) is 21.8. The number of nitrogens with zero attached hydrogens (tertiary/aromatic N) is 2. The Morgan fingerprint density at radius 1 is 1.23 bits per heavy atom. The molecule has 6 heteroatoms. The minimum Gasteiger partial charge on any atom is -0.379 e. The second-order valence-corrected chi connectivity index (χ2v) is 8.07. The topological polar surface area (TPSA) is 36.9 Å². The molecule has 0 bridgehead atoms. The standard InChI is InChI=1S/C20H31N3OS.HI/c1-2-21-20(22-11-13-24-15-17-8-9-17)23-12-10-18(14-23)16-25-19-6-4-3-5-7-19;/h3-7,17-18H,2,8-16H2,1H3,(H,21,22);1H. The summed E-state index contributed by atoms with van der Waals surface area (Å²) >= 11 is 1.97. The van der Waals surface area contributed by atoms with E-state index in [4.69, 9.17) is 9.73 Å². The smallest absolute Gasteiger partial charge is 0.194 e. The Hall–Kier alpha value is -0.470. The highest BCUT2D eigenvalue weighted by Crippen LogP contribution is 2.28. The second kappa shape index (κ2) is 12.1. The Bertz CT molecular complexity index is 539. The Kier molecular flexibility index (Phi) is 10.1. The lowest BCUT2D eigenvalue weighted by molar-refractivity contribution is 0.131. The molecular formula is C20H32IN3OS. The zero-order valence-corrected chi connectivity index (χ0v) is 18.9. The van der Waals surface area contributed by atoms with Gasteiger partial charge in [-0.25, -0.2) is 0 Å². The van der Waals surface area contributed by atoms with Gasteiger partial charge in [0.15, 0.2) is 5.96 Å². The van der Waals surface area contributed by atoms with Gasteiger partial charge in [-0.15, -0.1) is 35.7 Å². The highest BCUT2D eigenvalue weighted by Gasteiger charge is 2.25. The maximum atomic E-state index is 5.70. The fourth-order valence-corrected chi connectivity index (χ4v) is 4.12. The number of ether oxygens (including phenoxy) is 1. The number of rotatable bonds is 9. The van der Waals surface area contributed by atoms with Gasteiger partial charge in [-0.05, 0) is 50.2 Å². The second-order valence-electron chi connectivity index (χ2n) is 6.98. The molecule has 2 fully saturated rings. The predicted molar refractivity (Wildman–Crippen MR) is 122 cm³/mol. The third kappa shape index (κ3) is 7.64. The third-order valence-electron chi connectivity index (χ3n) is 4.70. The van der Waals surface area contributed by atoms with Gasteiger partial charge in [0.05, 0.1) is 13.2 Å². The van der Waals surface area contributed by atoms with Crippen LogP contribution in [0.1, 0.15) is 26.2 Å². The zero-order chi connectivity index (χ0) is 17.3. The molecule has 1 N–H and O–H groups in total. The SMILES string of the molecule is CCNC(=NCCOCC1CC1)N1CCC(CSc2ccccc2)C1.I. The third-order valence-corrected chi connectivity index (χ3v) is 5.94. The molecule has 1 saturated carbocycles. The van der Waals surface area contributed by atoms with Crippen molar-refractivity contribution in [1.82, 2.24) is 10.2 Å². The molecule has 1 unspecified atom stereocenters. The summed E-state index contributed by atoms with van der Waals surface area (Å²) in [7, 11) is 0. The van der Waals surface area contributed by atoms with E-state index < -0.39 is 0 Å². The molecule has 1 saturated heterocycles. The van der Waals surface area contributed by atoms with E-state index in [-0.39, 0.29) is 24.0 Å². The van der Waals surface area contributed by atoms with Gasteiger partial charge in [0.1, 0.15) is 0 Å². The lowest BCUT2D eigenvalue weighted by Gasteiger charge is -2.21. The average molecular weight is 489 g/mol. The van der Waals surface area contributed by atoms with E-state index in [0.29, 0.717) is 0 Å². The summed E-state index contributed by atoms with van der Waals surface area (Å²) in [4.78, 5) is 8.55. The molecule has 1 aromatic carbocycles. The van der Waals surface area contributed by atoms with Crippen LogP contribution < -0.4 is 5.32 Å². The van der Waals surface area contributed by atoms with Gasteiger partial charge < -0.3 is 15.0 Å². The van der Waals surface area contributed by atoms with Gasteiger partial charge in [-0.3, -0.25) is 4.99 Å². The van der Waals surface area contributed by atoms with E-state index in [0.717, 1.165) is 57.2 Å². The number of nitrogens with one attached hydrogen (secondary N) is 1. The molecule has 26 heavy (non-hydrogen) atoms. The van der Waals surface area contributed by atoms with Crippen LogP contribution in [0.25, 0.3) is 0 Å². The van der Waals surface area contributed by atoms with Gasteiger partial charge in [0.2, 0.25) is 0 Å². The molecule has 0 aromatic heterocycles. The van der Waals surface area contributed by atoms with Crippen LogP contribution in [0.15, 0.2) is 40.2 Å². The number of likely N-dealkylation sites (tertiary alicyclic amines) is 1. The van der Waals surface area contributed by atoms with Crippen molar-refractivity contribution < 1.29 is 4.74 Å². The van der Waals surface area contributed by atoms with E-state index in [1.165, 1.54) is 29.9 Å². The van der Waals surface area contributed by atoms with Gasteiger partial charge in [0, 0.05) is 36.9 Å². The molecule has 2 aliphatic rings. The van der Waals surface area contributed by atoms with Crippen LogP contribution >= 0.6 is 35.7 Å². The van der Waals surface area contributed by atoms with Gasteiger partial charge in [-0.2, -0.15) is 0 Å². The van der Waals surface area contributed by atoms with Crippen molar-refractivity contribution in [1.29, 1.82) is 0 Å². The van der Waals surface area contributed by atoms with E-state index in [9.17, 15) is 0 Å². The first-order chi connectivity index (χ1) is 12.3. The fourth-order valence-electron chi connectivity index (χ4n) is 3.07. The van der Waals surface area contributed by atoms with E-state index in [1.807, 2.05) is 11.8 Å². The monoisotopic (exact) mass is 489 g/mol. The van der Waals surface area contributed by atoms with E-state index in [1.54, 1.807) is 0 Å². The summed E-state index contributed by atoms with van der Waals surface area (Å²) in [6.45, 7) is 7.69. The maximum Gasteiger partial charge on any atom is 0.194 e. The molecule has 4 nitrogen and oxygen atoms in total. The number of halogens is 1. The molecule has 1 aliphatic heterocycles. The molecule has 146 valence electrons. The molecule has 1 aliphatic carbocycles. The van der Waals surface area contributed by atoms with Crippen LogP contribution in [0, 0.1) is 11.8 Å². The number of hydrogen-bond donors (Lipinski definition) is 1. The van der Waals surface area contributed by atoms with Crippen LogP contribution in [0.5, 0.6) is 0 Å². The van der Waals surface area contributed by atoms with Crippen LogP contribution in [0.3, 0.4) is 0 Å². The molecule has 0 spiro atoms. The zero-order valence-electron chi connectivity index (χ0n) is 15.7. The Labute approximate surface area is 179 Å².